The van der Waals surface area contributed by atoms with Crippen LogP contribution in [0.5, 0.6) is 0 Å². The molecule has 14 heavy (non-hydrogen) atoms. The monoisotopic (exact) mass is 253 g/mol. The Morgan fingerprint density at radius 2 is 1.71 bits per heavy atom. The third-order valence-electron chi connectivity index (χ3n) is 2.69. The molecule has 0 atom stereocenters. The Hall–Kier alpha value is -0.591. The zero-order valence-electron chi connectivity index (χ0n) is 8.49. The molecule has 1 saturated heterocycles. The average molecular weight is 252 g/mol. The number of rotatable bonds is 2. The molecule has 1 fully saturated rings. The summed E-state index contributed by atoms with van der Waals surface area (Å²) >= 11 is 3.20. The van der Waals surface area contributed by atoms with Crippen LogP contribution in [-0.2, 0) is 0 Å². The van der Waals surface area contributed by atoms with E-state index in [4.69, 9.17) is 0 Å². The molecule has 0 aromatic heterocycles. The molecule has 1 aliphatic heterocycles. The summed E-state index contributed by atoms with van der Waals surface area (Å²) in [6.07, 6.45) is 2.66. The summed E-state index contributed by atoms with van der Waals surface area (Å²) < 4.78 is 1.31. The van der Waals surface area contributed by atoms with Gasteiger partial charge in [-0.3, -0.25) is 0 Å². The van der Waals surface area contributed by atoms with Crippen LogP contribution in [0.1, 0.15) is 24.0 Å². The van der Waals surface area contributed by atoms with Gasteiger partial charge in [-0.15, -0.1) is 0 Å². The third-order valence-corrected chi connectivity index (χ3v) is 3.73. The van der Waals surface area contributed by atoms with Crippen LogP contribution < -0.4 is 0 Å². The van der Waals surface area contributed by atoms with Gasteiger partial charge in [0.25, 0.3) is 0 Å². The molecule has 0 unspecified atom stereocenters. The average Bonchev–Trinajstić information content (AvgIpc) is 2.71. The standard InChI is InChI=1S/C12H15NSe/c1-10-4-6-11(7-5-10)12(14)13-8-2-3-9-13/h4-7H,2-3,8-9H2,1H3. The molecule has 1 aromatic carbocycles. The minimum atomic E-state index is 1.20. The van der Waals surface area contributed by atoms with E-state index in [1.54, 1.807) is 0 Å². The minimum absolute atomic E-state index is 1.20. The van der Waals surface area contributed by atoms with Crippen molar-refractivity contribution < 1.29 is 0 Å². The van der Waals surface area contributed by atoms with Gasteiger partial charge in [0, 0.05) is 0 Å². The third kappa shape index (κ3) is 2.07. The van der Waals surface area contributed by atoms with E-state index < -0.39 is 0 Å². The van der Waals surface area contributed by atoms with Gasteiger partial charge in [0.15, 0.2) is 0 Å². The molecular weight excluding hydrogens is 237 g/mol. The van der Waals surface area contributed by atoms with Gasteiger partial charge in [-0.2, -0.15) is 0 Å². The number of benzene rings is 1. The Balaban J connectivity index is 2.14. The molecule has 0 N–H and O–H groups in total. The van der Waals surface area contributed by atoms with E-state index >= 15 is 0 Å². The van der Waals surface area contributed by atoms with Gasteiger partial charge in [-0.05, 0) is 0 Å². The molecule has 0 amide bonds. The van der Waals surface area contributed by atoms with Gasteiger partial charge in [-0.25, -0.2) is 0 Å². The topological polar surface area (TPSA) is 3.24 Å². The Bertz CT molecular complexity index is 323. The first-order valence-electron chi connectivity index (χ1n) is 5.13. The fourth-order valence-corrected chi connectivity index (χ4v) is 2.47. The number of aryl methyl sites for hydroxylation is 1. The summed E-state index contributed by atoms with van der Waals surface area (Å²) in [6, 6.07) is 8.73. The van der Waals surface area contributed by atoms with Crippen molar-refractivity contribution in [3.05, 3.63) is 35.4 Å². The predicted octanol–water partition coefficient (Wildman–Crippen LogP) is 1.74. The van der Waals surface area contributed by atoms with Gasteiger partial charge in [0.2, 0.25) is 0 Å². The van der Waals surface area contributed by atoms with E-state index in [1.165, 1.54) is 41.6 Å². The molecule has 0 saturated carbocycles. The van der Waals surface area contributed by atoms with Crippen LogP contribution in [0.15, 0.2) is 24.3 Å². The molecule has 2 rings (SSSR count). The fourth-order valence-electron chi connectivity index (χ4n) is 1.80. The maximum atomic E-state index is 3.20. The van der Waals surface area contributed by atoms with Gasteiger partial charge in [-0.1, -0.05) is 0 Å². The molecule has 2 heteroatoms. The summed E-state index contributed by atoms with van der Waals surface area (Å²) in [7, 11) is 0. The Morgan fingerprint density at radius 1 is 1.14 bits per heavy atom. The van der Waals surface area contributed by atoms with Crippen LogP contribution in [-0.4, -0.2) is 38.1 Å². The molecule has 74 valence electrons. The summed E-state index contributed by atoms with van der Waals surface area (Å²) in [4.78, 5) is 2.44. The van der Waals surface area contributed by atoms with Crippen molar-refractivity contribution in [3.63, 3.8) is 0 Å². The first-order chi connectivity index (χ1) is 6.77. The maximum absolute atomic E-state index is 3.20. The molecular formula is C12H15NSe. The molecule has 1 nitrogen and oxygen atoms in total. The SMILES string of the molecule is Cc1ccc(C(=[Se])N2CCCC2)cc1. The van der Waals surface area contributed by atoms with Gasteiger partial charge < -0.3 is 0 Å². The van der Waals surface area contributed by atoms with E-state index in [0.717, 1.165) is 0 Å². The number of nitrogens with zero attached hydrogens (tertiary/aromatic N) is 1. The fraction of sp³-hybridized carbons (Fsp3) is 0.417. The Kier molecular flexibility index (Phi) is 3.05. The molecule has 0 aliphatic carbocycles. The molecule has 1 aromatic rings. The van der Waals surface area contributed by atoms with Crippen molar-refractivity contribution in [3.8, 4) is 0 Å². The summed E-state index contributed by atoms with van der Waals surface area (Å²) in [5.41, 5.74) is 2.64. The normalized spacial score (nSPS) is 15.9. The van der Waals surface area contributed by atoms with Crippen molar-refractivity contribution in [2.75, 3.05) is 13.1 Å². The summed E-state index contributed by atoms with van der Waals surface area (Å²) in [6.45, 7) is 4.53. The second-order valence-electron chi connectivity index (χ2n) is 3.87. The molecule has 0 radical (unpaired) electrons. The summed E-state index contributed by atoms with van der Waals surface area (Å²) in [5, 5.41) is 0. The van der Waals surface area contributed by atoms with Crippen LogP contribution in [0, 0.1) is 6.92 Å². The van der Waals surface area contributed by atoms with Crippen LogP contribution in [0.2, 0.25) is 0 Å². The van der Waals surface area contributed by atoms with Crippen LogP contribution >= 0.6 is 0 Å². The van der Waals surface area contributed by atoms with Crippen molar-refractivity contribution in [1.82, 2.24) is 4.90 Å². The van der Waals surface area contributed by atoms with Crippen molar-refractivity contribution in [1.29, 1.82) is 0 Å². The predicted molar refractivity (Wildman–Crippen MR) is 61.8 cm³/mol. The second kappa shape index (κ2) is 4.29. The zero-order chi connectivity index (χ0) is 9.97. The van der Waals surface area contributed by atoms with Crippen LogP contribution in [0.3, 0.4) is 0 Å². The van der Waals surface area contributed by atoms with E-state index in [-0.39, 0.29) is 0 Å². The van der Waals surface area contributed by atoms with E-state index in [2.05, 4.69) is 51.7 Å². The van der Waals surface area contributed by atoms with Crippen molar-refractivity contribution >= 4 is 20.1 Å². The first kappa shape index (κ1) is 9.95. The second-order valence-corrected chi connectivity index (χ2v) is 4.68. The Morgan fingerprint density at radius 3 is 2.29 bits per heavy atom. The molecule has 0 bridgehead atoms. The van der Waals surface area contributed by atoms with Crippen molar-refractivity contribution in [2.45, 2.75) is 19.8 Å². The van der Waals surface area contributed by atoms with Crippen LogP contribution in [0.25, 0.3) is 0 Å². The van der Waals surface area contributed by atoms with Gasteiger partial charge >= 0.3 is 93.3 Å². The van der Waals surface area contributed by atoms with Gasteiger partial charge in [0.1, 0.15) is 0 Å². The summed E-state index contributed by atoms with van der Waals surface area (Å²) in [5.74, 6) is 0. The quantitative estimate of drug-likeness (QED) is 0.725. The van der Waals surface area contributed by atoms with Crippen LogP contribution in [0.4, 0.5) is 0 Å². The molecule has 1 heterocycles. The zero-order valence-corrected chi connectivity index (χ0v) is 10.2. The number of hydrogen-bond donors (Lipinski definition) is 0. The van der Waals surface area contributed by atoms with E-state index in [0.29, 0.717) is 0 Å². The van der Waals surface area contributed by atoms with E-state index in [9.17, 15) is 0 Å². The van der Waals surface area contributed by atoms with Crippen molar-refractivity contribution in [2.24, 2.45) is 0 Å². The molecule has 1 aliphatic rings. The first-order valence-corrected chi connectivity index (χ1v) is 5.99. The number of hydrogen-bond acceptors (Lipinski definition) is 1. The van der Waals surface area contributed by atoms with Gasteiger partial charge in [0.05, 0.1) is 0 Å². The number of likely N-dealkylation sites (tertiary alicyclic amines) is 1. The van der Waals surface area contributed by atoms with E-state index in [1.807, 2.05) is 0 Å². The Labute approximate surface area is 93.5 Å². The molecule has 0 spiro atoms.